The summed E-state index contributed by atoms with van der Waals surface area (Å²) in [5, 5.41) is 0. The fraction of sp³-hybridized carbons (Fsp3) is 0.714. The molecule has 5 aliphatic rings. The number of Topliss-reactive ketones (excluding diaryl/α,β-unsaturated/α-hetero) is 1. The van der Waals surface area contributed by atoms with Gasteiger partial charge in [0, 0.05) is 18.3 Å². The number of ketones is 2. The number of ether oxygens (including phenoxy) is 2. The summed E-state index contributed by atoms with van der Waals surface area (Å²) in [6, 6.07) is 9.87. The molecule has 0 aromatic heterocycles. The summed E-state index contributed by atoms with van der Waals surface area (Å²) in [5.74, 6) is 0.0972. The average molecular weight is 659 g/mol. The second kappa shape index (κ2) is 11.9. The molecule has 48 heavy (non-hydrogen) atoms. The second-order valence-electron chi connectivity index (χ2n) is 18.3. The van der Waals surface area contributed by atoms with Crippen molar-refractivity contribution in [1.29, 1.82) is 0 Å². The van der Waals surface area contributed by atoms with E-state index in [4.69, 9.17) is 9.47 Å². The molecule has 1 aromatic carbocycles. The van der Waals surface area contributed by atoms with Crippen LogP contribution in [0, 0.1) is 56.2 Å². The molecule has 6 rings (SSSR count). The first-order chi connectivity index (χ1) is 22.4. The lowest BCUT2D eigenvalue weighted by atomic mass is 9.33. The van der Waals surface area contributed by atoms with Crippen LogP contribution in [0.3, 0.4) is 0 Å². The molecule has 0 N–H and O–H groups in total. The first-order valence-corrected chi connectivity index (χ1v) is 18.5. The van der Waals surface area contributed by atoms with Crippen LogP contribution >= 0.6 is 0 Å². The van der Waals surface area contributed by atoms with Crippen LogP contribution in [0.1, 0.15) is 125 Å². The Bertz CT molecular complexity index is 1510. The highest BCUT2D eigenvalue weighted by Gasteiger charge is 2.70. The van der Waals surface area contributed by atoms with E-state index < -0.39 is 5.41 Å². The van der Waals surface area contributed by atoms with Gasteiger partial charge in [-0.2, -0.15) is 0 Å². The molecule has 0 saturated heterocycles. The number of fused-ring (bicyclic) bond motifs is 7. The van der Waals surface area contributed by atoms with Crippen LogP contribution in [0.15, 0.2) is 42.0 Å². The number of methoxy groups -OCH3 is 1. The van der Waals surface area contributed by atoms with E-state index in [2.05, 4.69) is 54.5 Å². The van der Waals surface area contributed by atoms with E-state index >= 15 is 0 Å². The van der Waals surface area contributed by atoms with Crippen LogP contribution in [0.2, 0.25) is 0 Å². The van der Waals surface area contributed by atoms with Crippen LogP contribution in [0.25, 0.3) is 0 Å². The topological polar surface area (TPSA) is 86.7 Å². The molecule has 0 amide bonds. The van der Waals surface area contributed by atoms with Crippen molar-refractivity contribution < 1.29 is 28.7 Å². The van der Waals surface area contributed by atoms with Gasteiger partial charge in [-0.25, -0.2) is 0 Å². The first kappa shape index (κ1) is 35.1. The van der Waals surface area contributed by atoms with Gasteiger partial charge < -0.3 is 9.47 Å². The zero-order chi connectivity index (χ0) is 34.9. The molecule has 0 bridgehead atoms. The van der Waals surface area contributed by atoms with Gasteiger partial charge in [0.15, 0.2) is 5.78 Å². The van der Waals surface area contributed by atoms with E-state index in [1.807, 2.05) is 30.3 Å². The van der Waals surface area contributed by atoms with Crippen LogP contribution in [0.5, 0.6) is 0 Å². The maximum atomic E-state index is 14.8. The number of esters is 2. The maximum Gasteiger partial charge on any atom is 0.312 e. The Hall–Kier alpha value is -2.76. The number of benzene rings is 1. The Morgan fingerprint density at radius 3 is 2.21 bits per heavy atom. The second-order valence-corrected chi connectivity index (χ2v) is 18.3. The molecule has 4 fully saturated rings. The third-order valence-corrected chi connectivity index (χ3v) is 15.5. The van der Waals surface area contributed by atoms with Crippen molar-refractivity contribution in [2.75, 3.05) is 7.11 Å². The van der Waals surface area contributed by atoms with Crippen LogP contribution < -0.4 is 0 Å². The standard InChI is InChI=1S/C42H58O6/c1-37(2)28(31(43)14-15-34(45)47-8)16-18-40(5)33(37)17-19-42(7)35(40)32(44)24-29-30-25-39(4,21-20-38(30,3)22-23-41(29,42)6)36(46)48-26-27-12-10-9-11-13-27/h9-13,24,28,30,33,35H,14-23,25-26H2,1-8H3/t28-,30+,33+,35-,38-,39+,40+,41-,42-/m1/s1. The van der Waals surface area contributed by atoms with E-state index in [9.17, 15) is 19.2 Å². The Labute approximate surface area is 288 Å². The lowest BCUT2D eigenvalue weighted by Crippen LogP contribution is -2.66. The smallest absolute Gasteiger partial charge is 0.312 e. The molecule has 6 nitrogen and oxygen atoms in total. The molecule has 9 atom stereocenters. The summed E-state index contributed by atoms with van der Waals surface area (Å²) in [6.45, 7) is 16.4. The van der Waals surface area contributed by atoms with Gasteiger partial charge in [0.1, 0.15) is 12.4 Å². The van der Waals surface area contributed by atoms with Crippen molar-refractivity contribution in [1.82, 2.24) is 0 Å². The van der Waals surface area contributed by atoms with Gasteiger partial charge in [0.05, 0.1) is 18.9 Å². The average Bonchev–Trinajstić information content (AvgIpc) is 3.04. The van der Waals surface area contributed by atoms with E-state index in [-0.39, 0.29) is 93.7 Å². The predicted molar refractivity (Wildman–Crippen MR) is 185 cm³/mol. The summed E-state index contributed by atoms with van der Waals surface area (Å²) in [5.41, 5.74) is 0.893. The molecule has 6 heteroatoms. The molecular weight excluding hydrogens is 600 g/mol. The van der Waals surface area contributed by atoms with Gasteiger partial charge in [0.25, 0.3) is 0 Å². The minimum absolute atomic E-state index is 0.0553. The summed E-state index contributed by atoms with van der Waals surface area (Å²) in [4.78, 5) is 53.9. The molecular formula is C42H58O6. The van der Waals surface area contributed by atoms with E-state index in [0.29, 0.717) is 0 Å². The lowest BCUT2D eigenvalue weighted by Gasteiger charge is -2.70. The third kappa shape index (κ3) is 5.25. The molecule has 0 unspecified atom stereocenters. The van der Waals surface area contributed by atoms with Crippen LogP contribution in [0.4, 0.5) is 0 Å². The zero-order valence-corrected chi connectivity index (χ0v) is 30.7. The van der Waals surface area contributed by atoms with Crippen LogP contribution in [-0.2, 0) is 35.3 Å². The highest BCUT2D eigenvalue weighted by molar-refractivity contribution is 5.96. The Morgan fingerprint density at radius 2 is 1.52 bits per heavy atom. The highest BCUT2D eigenvalue weighted by Crippen LogP contribution is 2.75. The molecule has 0 spiro atoms. The molecule has 0 aliphatic heterocycles. The fourth-order valence-corrected chi connectivity index (χ4v) is 12.3. The number of hydrogen-bond donors (Lipinski definition) is 0. The Morgan fingerprint density at radius 1 is 0.833 bits per heavy atom. The molecule has 1 aromatic rings. The van der Waals surface area contributed by atoms with Gasteiger partial charge in [-0.3, -0.25) is 19.2 Å². The molecule has 0 heterocycles. The normalized spacial score (nSPS) is 41.4. The van der Waals surface area contributed by atoms with E-state index in [1.54, 1.807) is 0 Å². The third-order valence-electron chi connectivity index (χ3n) is 15.5. The quantitative estimate of drug-likeness (QED) is 0.272. The SMILES string of the molecule is COC(=O)CCC(=O)[C@H]1CC[C@]2(C)[C@H]3C(=O)C=C4[C@@H]5C[C@@](C)(C(=O)OCc6ccccc6)CC[C@]5(C)CC[C@@]4(C)[C@]3(C)CC[C@H]2C1(C)C. The summed E-state index contributed by atoms with van der Waals surface area (Å²) in [7, 11) is 1.37. The van der Waals surface area contributed by atoms with Crippen molar-refractivity contribution in [3.63, 3.8) is 0 Å². The largest absolute Gasteiger partial charge is 0.469 e. The molecule has 0 radical (unpaired) electrons. The van der Waals surface area contributed by atoms with Crippen molar-refractivity contribution in [3.05, 3.63) is 47.5 Å². The summed E-state index contributed by atoms with van der Waals surface area (Å²) in [6.07, 6.45) is 10.5. The predicted octanol–water partition coefficient (Wildman–Crippen LogP) is 8.85. The van der Waals surface area contributed by atoms with Gasteiger partial charge in [-0.15, -0.1) is 0 Å². The van der Waals surface area contributed by atoms with Gasteiger partial charge >= 0.3 is 11.9 Å². The lowest BCUT2D eigenvalue weighted by molar-refractivity contribution is -0.194. The fourth-order valence-electron chi connectivity index (χ4n) is 12.3. The molecule has 262 valence electrons. The zero-order valence-electron chi connectivity index (χ0n) is 30.7. The van der Waals surface area contributed by atoms with Gasteiger partial charge in [-0.1, -0.05) is 77.4 Å². The van der Waals surface area contributed by atoms with E-state index in [1.165, 1.54) is 12.7 Å². The van der Waals surface area contributed by atoms with Crippen LogP contribution in [-0.4, -0.2) is 30.6 Å². The number of carbonyl (C=O) groups excluding carboxylic acids is 4. The number of rotatable bonds is 7. The summed E-state index contributed by atoms with van der Waals surface area (Å²) < 4.78 is 10.8. The minimum atomic E-state index is -0.592. The molecule has 5 aliphatic carbocycles. The number of carbonyl (C=O) groups is 4. The number of allylic oxidation sites excluding steroid dienone is 2. The van der Waals surface area contributed by atoms with Gasteiger partial charge in [-0.05, 0) is 115 Å². The first-order valence-electron chi connectivity index (χ1n) is 18.5. The number of hydrogen-bond acceptors (Lipinski definition) is 6. The monoisotopic (exact) mass is 658 g/mol. The van der Waals surface area contributed by atoms with Crippen molar-refractivity contribution in [3.8, 4) is 0 Å². The molecule has 4 saturated carbocycles. The van der Waals surface area contributed by atoms with Crippen molar-refractivity contribution in [2.45, 2.75) is 126 Å². The Kier molecular flexibility index (Phi) is 8.72. The minimum Gasteiger partial charge on any atom is -0.469 e. The van der Waals surface area contributed by atoms with Crippen molar-refractivity contribution >= 4 is 23.5 Å². The van der Waals surface area contributed by atoms with E-state index in [0.717, 1.165) is 63.4 Å². The van der Waals surface area contributed by atoms with Crippen molar-refractivity contribution in [2.24, 2.45) is 56.2 Å². The maximum absolute atomic E-state index is 14.8. The van der Waals surface area contributed by atoms with Gasteiger partial charge in [0.2, 0.25) is 0 Å². The summed E-state index contributed by atoms with van der Waals surface area (Å²) >= 11 is 0. The highest BCUT2D eigenvalue weighted by atomic mass is 16.5. The Balaban J connectivity index is 1.28.